The van der Waals surface area contributed by atoms with Crippen molar-refractivity contribution in [1.29, 1.82) is 0 Å². The van der Waals surface area contributed by atoms with Gasteiger partial charge in [-0.1, -0.05) is 53.7 Å². The Morgan fingerprint density at radius 3 is 2.10 bits per heavy atom. The van der Waals surface area contributed by atoms with Crippen molar-refractivity contribution in [2.45, 2.75) is 52.4 Å². The molecule has 0 radical (unpaired) electrons. The highest BCUT2D eigenvalue weighted by molar-refractivity contribution is 7.80. The molecule has 0 unspecified atom stereocenters. The smallest absolute Gasteiger partial charge is 0.123 e. The lowest BCUT2D eigenvalue weighted by Crippen LogP contribution is -2.18. The molecule has 0 aliphatic carbocycles. The lowest BCUT2D eigenvalue weighted by molar-refractivity contribution is 0.111. The summed E-state index contributed by atoms with van der Waals surface area (Å²) >= 11 is 4.12. The third-order valence-corrected chi connectivity index (χ3v) is 3.56. The second-order valence-electron chi connectivity index (χ2n) is 7.40. The van der Waals surface area contributed by atoms with Crippen LogP contribution in [-0.4, -0.2) is 25.6 Å². The summed E-state index contributed by atoms with van der Waals surface area (Å²) in [5.41, 5.74) is 2.80. The van der Waals surface area contributed by atoms with Crippen LogP contribution in [0.2, 0.25) is 0 Å². The van der Waals surface area contributed by atoms with Gasteiger partial charge in [-0.15, -0.1) is 0 Å². The van der Waals surface area contributed by atoms with Crippen LogP contribution in [0.1, 0.15) is 52.7 Å². The Hall–Kier alpha value is -0.670. The first-order valence-corrected chi connectivity index (χ1v) is 8.26. The quantitative estimate of drug-likeness (QED) is 0.611. The van der Waals surface area contributed by atoms with Gasteiger partial charge in [-0.25, -0.2) is 0 Å². The molecule has 0 amide bonds. The van der Waals surface area contributed by atoms with E-state index in [2.05, 4.69) is 72.4 Å². The molecule has 0 N–H and O–H groups in total. The predicted molar refractivity (Wildman–Crippen MR) is 94.0 cm³/mol. The van der Waals surface area contributed by atoms with E-state index in [4.69, 9.17) is 9.47 Å². The summed E-state index contributed by atoms with van der Waals surface area (Å²) in [5.74, 6) is 1.71. The summed E-state index contributed by atoms with van der Waals surface area (Å²) in [6, 6.07) is 6.54. The molecule has 0 saturated heterocycles. The molecule has 0 aliphatic heterocycles. The molecule has 0 aromatic heterocycles. The van der Waals surface area contributed by atoms with Crippen LogP contribution < -0.4 is 4.74 Å². The second-order valence-corrected chi connectivity index (χ2v) is 7.84. The third kappa shape index (κ3) is 5.91. The maximum atomic E-state index is 5.93. The predicted octanol–water partition coefficient (Wildman–Crippen LogP) is 4.61. The number of rotatable bonds is 6. The maximum absolute atomic E-state index is 5.93. The van der Waals surface area contributed by atoms with E-state index in [-0.39, 0.29) is 10.8 Å². The van der Waals surface area contributed by atoms with Gasteiger partial charge in [-0.2, -0.15) is 12.6 Å². The molecule has 0 heterocycles. The fourth-order valence-corrected chi connectivity index (χ4v) is 2.21. The molecule has 0 saturated carbocycles. The normalized spacial score (nSPS) is 12.5. The van der Waals surface area contributed by atoms with E-state index in [1.165, 1.54) is 11.1 Å². The fraction of sp³-hybridized carbons (Fsp3) is 0.667. The lowest BCUT2D eigenvalue weighted by atomic mass is 9.80. The highest BCUT2D eigenvalue weighted by atomic mass is 32.1. The Kier molecular flexibility index (Phi) is 6.61. The van der Waals surface area contributed by atoms with Gasteiger partial charge in [0.25, 0.3) is 0 Å². The van der Waals surface area contributed by atoms with Crippen LogP contribution in [0, 0.1) is 0 Å². The monoisotopic (exact) mass is 310 g/mol. The molecule has 2 nitrogen and oxygen atoms in total. The molecular formula is C18H30O2S. The number of ether oxygens (including phenoxy) is 2. The van der Waals surface area contributed by atoms with Crippen molar-refractivity contribution in [2.24, 2.45) is 0 Å². The average molecular weight is 311 g/mol. The molecule has 3 heteroatoms. The highest BCUT2D eigenvalue weighted by Crippen LogP contribution is 2.35. The Morgan fingerprint density at radius 1 is 0.905 bits per heavy atom. The minimum absolute atomic E-state index is 0.0581. The van der Waals surface area contributed by atoms with Crippen LogP contribution >= 0.6 is 12.6 Å². The number of hydrogen-bond donors (Lipinski definition) is 1. The van der Waals surface area contributed by atoms with Crippen LogP contribution in [0.5, 0.6) is 5.75 Å². The van der Waals surface area contributed by atoms with Crippen LogP contribution in [0.15, 0.2) is 18.2 Å². The molecule has 21 heavy (non-hydrogen) atoms. The summed E-state index contributed by atoms with van der Waals surface area (Å²) in [4.78, 5) is 0. The minimum Gasteiger partial charge on any atom is -0.491 e. The summed E-state index contributed by atoms with van der Waals surface area (Å²) < 4.78 is 11.3. The molecule has 0 fully saturated rings. The van der Waals surface area contributed by atoms with Crippen LogP contribution in [0.4, 0.5) is 0 Å². The van der Waals surface area contributed by atoms with Crippen LogP contribution in [-0.2, 0) is 15.6 Å². The van der Waals surface area contributed by atoms with Gasteiger partial charge in [0.2, 0.25) is 0 Å². The van der Waals surface area contributed by atoms with E-state index in [9.17, 15) is 0 Å². The Bertz CT molecular complexity index is 442. The fourth-order valence-electron chi connectivity index (χ4n) is 2.09. The molecule has 1 aromatic rings. The van der Waals surface area contributed by atoms with Crippen LogP contribution in [0.3, 0.4) is 0 Å². The van der Waals surface area contributed by atoms with Crippen molar-refractivity contribution in [2.75, 3.05) is 25.6 Å². The van der Waals surface area contributed by atoms with Crippen molar-refractivity contribution < 1.29 is 9.47 Å². The number of thiol groups is 1. The summed E-state index contributed by atoms with van der Waals surface area (Å²) in [6.07, 6.45) is 0. The van der Waals surface area contributed by atoms with E-state index in [0.717, 1.165) is 11.5 Å². The molecule has 1 rings (SSSR count). The van der Waals surface area contributed by atoms with Gasteiger partial charge in [0.15, 0.2) is 0 Å². The van der Waals surface area contributed by atoms with Crippen LogP contribution in [0.25, 0.3) is 0 Å². The van der Waals surface area contributed by atoms with Gasteiger partial charge >= 0.3 is 0 Å². The van der Waals surface area contributed by atoms with Gasteiger partial charge in [0.05, 0.1) is 13.2 Å². The van der Waals surface area contributed by atoms with E-state index in [1.54, 1.807) is 0 Å². The summed E-state index contributed by atoms with van der Waals surface area (Å²) in [5, 5.41) is 0. The highest BCUT2D eigenvalue weighted by Gasteiger charge is 2.22. The Labute approximate surface area is 135 Å². The molecular weight excluding hydrogens is 280 g/mol. The first kappa shape index (κ1) is 18.4. The third-order valence-electron chi connectivity index (χ3n) is 3.37. The molecule has 0 bridgehead atoms. The molecule has 0 aliphatic rings. The first-order chi connectivity index (χ1) is 9.66. The summed E-state index contributed by atoms with van der Waals surface area (Å²) in [6.45, 7) is 15.2. The lowest BCUT2D eigenvalue weighted by Gasteiger charge is -2.27. The minimum atomic E-state index is 0.0581. The maximum Gasteiger partial charge on any atom is 0.123 e. The van der Waals surface area contributed by atoms with Crippen molar-refractivity contribution >= 4 is 12.6 Å². The Morgan fingerprint density at radius 2 is 1.57 bits per heavy atom. The van der Waals surface area contributed by atoms with Gasteiger partial charge < -0.3 is 9.47 Å². The number of hydrogen-bond acceptors (Lipinski definition) is 3. The van der Waals surface area contributed by atoms with E-state index in [1.807, 2.05) is 0 Å². The van der Waals surface area contributed by atoms with E-state index >= 15 is 0 Å². The zero-order chi connectivity index (χ0) is 16.1. The molecule has 0 atom stereocenters. The van der Waals surface area contributed by atoms with Crippen molar-refractivity contribution in [3.05, 3.63) is 29.3 Å². The average Bonchev–Trinajstić information content (AvgIpc) is 2.36. The van der Waals surface area contributed by atoms with Gasteiger partial charge in [0, 0.05) is 5.75 Å². The Balaban J connectivity index is 2.88. The molecule has 1 aromatic carbocycles. The largest absolute Gasteiger partial charge is 0.491 e. The van der Waals surface area contributed by atoms with Crippen molar-refractivity contribution in [3.63, 3.8) is 0 Å². The standard InChI is InChI=1S/C18H30O2S/c1-17(2,3)14-7-8-16(15(13-14)18(4,5)6)20-10-9-19-11-12-21/h7-8,13,21H,9-12H2,1-6H3. The topological polar surface area (TPSA) is 18.5 Å². The zero-order valence-corrected chi connectivity index (χ0v) is 15.2. The van der Waals surface area contributed by atoms with Gasteiger partial charge in [0.1, 0.15) is 12.4 Å². The zero-order valence-electron chi connectivity index (χ0n) is 14.3. The first-order valence-electron chi connectivity index (χ1n) is 7.62. The number of benzene rings is 1. The molecule has 0 spiro atoms. The van der Waals surface area contributed by atoms with E-state index < -0.39 is 0 Å². The SMILES string of the molecule is CC(C)(C)c1ccc(OCCOCCS)c(C(C)(C)C)c1. The summed E-state index contributed by atoms with van der Waals surface area (Å²) in [7, 11) is 0. The van der Waals surface area contributed by atoms with E-state index in [0.29, 0.717) is 19.8 Å². The molecule has 120 valence electrons. The van der Waals surface area contributed by atoms with Crippen molar-refractivity contribution in [1.82, 2.24) is 0 Å². The second kappa shape index (κ2) is 7.55. The van der Waals surface area contributed by atoms with Gasteiger partial charge in [-0.05, 0) is 28.0 Å². The van der Waals surface area contributed by atoms with Gasteiger partial charge in [-0.3, -0.25) is 0 Å². The van der Waals surface area contributed by atoms with Crippen molar-refractivity contribution in [3.8, 4) is 5.75 Å².